The third kappa shape index (κ3) is 3.85. The van der Waals surface area contributed by atoms with Gasteiger partial charge >= 0.3 is 0 Å². The molecule has 1 atom stereocenters. The summed E-state index contributed by atoms with van der Waals surface area (Å²) in [6, 6.07) is 0.296. The molecule has 0 saturated heterocycles. The molecule has 0 fully saturated rings. The van der Waals surface area contributed by atoms with Gasteiger partial charge in [0.15, 0.2) is 0 Å². The van der Waals surface area contributed by atoms with Crippen molar-refractivity contribution in [3.63, 3.8) is 0 Å². The number of aromatic nitrogens is 3. The van der Waals surface area contributed by atoms with Crippen LogP contribution in [0.2, 0.25) is 0 Å². The number of carbonyl (C=O) groups excluding carboxylic acids is 1. The Bertz CT molecular complexity index is 348. The van der Waals surface area contributed by atoms with E-state index in [1.165, 1.54) is 11.0 Å². The Morgan fingerprint density at radius 2 is 2.38 bits per heavy atom. The fourth-order valence-electron chi connectivity index (χ4n) is 1.03. The summed E-state index contributed by atoms with van der Waals surface area (Å²) >= 11 is 0. The highest BCUT2D eigenvalue weighted by Crippen LogP contribution is 1.91. The minimum Gasteiger partial charge on any atom is -0.367 e. The van der Waals surface area contributed by atoms with Crippen LogP contribution >= 0.6 is 0 Å². The Hall–Kier alpha value is -1.63. The molecule has 0 bridgehead atoms. The van der Waals surface area contributed by atoms with Crippen LogP contribution in [0, 0.1) is 0 Å². The third-order valence-electron chi connectivity index (χ3n) is 2.34. The van der Waals surface area contributed by atoms with Crippen molar-refractivity contribution in [3.8, 4) is 0 Å². The van der Waals surface area contributed by atoms with Gasteiger partial charge in [-0.05, 0) is 21.0 Å². The summed E-state index contributed by atoms with van der Waals surface area (Å²) in [7, 11) is 3.93. The van der Waals surface area contributed by atoms with E-state index >= 15 is 0 Å². The molecule has 0 radical (unpaired) electrons. The average Bonchev–Trinajstić information content (AvgIpc) is 2.60. The predicted octanol–water partition coefficient (Wildman–Crippen LogP) is -1.07. The van der Waals surface area contributed by atoms with Crippen LogP contribution in [0.1, 0.15) is 6.92 Å². The number of carbonyl (C=O) groups is 1. The second-order valence-corrected chi connectivity index (χ2v) is 3.92. The second kappa shape index (κ2) is 5.45. The first-order valence-electron chi connectivity index (χ1n) is 5.07. The molecule has 0 aliphatic heterocycles. The first-order valence-corrected chi connectivity index (χ1v) is 5.07. The van der Waals surface area contributed by atoms with Crippen molar-refractivity contribution in [2.45, 2.75) is 19.5 Å². The molecular formula is C9H18N6O. The van der Waals surface area contributed by atoms with Crippen LogP contribution in [0.15, 0.2) is 6.33 Å². The number of rotatable bonds is 5. The van der Waals surface area contributed by atoms with E-state index in [0.717, 1.165) is 0 Å². The Morgan fingerprint density at radius 3 is 2.88 bits per heavy atom. The van der Waals surface area contributed by atoms with Crippen molar-refractivity contribution in [1.82, 2.24) is 25.0 Å². The number of nitrogens with two attached hydrogens (primary N) is 1. The van der Waals surface area contributed by atoms with Crippen LogP contribution in [-0.4, -0.2) is 52.3 Å². The molecule has 0 aromatic carbocycles. The van der Waals surface area contributed by atoms with E-state index in [1.807, 2.05) is 25.9 Å². The van der Waals surface area contributed by atoms with Crippen LogP contribution in [0.3, 0.4) is 0 Å². The normalized spacial score (nSPS) is 12.8. The molecule has 7 nitrogen and oxygen atoms in total. The van der Waals surface area contributed by atoms with E-state index in [4.69, 9.17) is 5.73 Å². The van der Waals surface area contributed by atoms with Gasteiger partial charge in [-0.2, -0.15) is 0 Å². The van der Waals surface area contributed by atoms with Gasteiger partial charge in [0, 0.05) is 12.6 Å². The van der Waals surface area contributed by atoms with Crippen LogP contribution in [0.5, 0.6) is 0 Å². The standard InChI is InChI=1S/C9H18N6O/c1-7(14(2)3)4-11-8(16)5-15-6-12-9(10)13-15/h6-7H,4-5H2,1-3H3,(H2,10,13)(H,11,16). The van der Waals surface area contributed by atoms with E-state index < -0.39 is 0 Å². The molecule has 3 N–H and O–H groups in total. The summed E-state index contributed by atoms with van der Waals surface area (Å²) in [6.07, 6.45) is 1.43. The van der Waals surface area contributed by atoms with E-state index in [0.29, 0.717) is 12.6 Å². The summed E-state index contributed by atoms with van der Waals surface area (Å²) in [5, 5.41) is 6.64. The van der Waals surface area contributed by atoms with Crippen molar-refractivity contribution in [2.75, 3.05) is 26.4 Å². The zero-order chi connectivity index (χ0) is 12.1. The molecule has 0 aliphatic carbocycles. The van der Waals surface area contributed by atoms with Gasteiger partial charge in [0.2, 0.25) is 11.9 Å². The van der Waals surface area contributed by atoms with Gasteiger partial charge < -0.3 is 16.0 Å². The van der Waals surface area contributed by atoms with Crippen LogP contribution in [0.25, 0.3) is 0 Å². The first-order chi connectivity index (χ1) is 7.49. The maximum absolute atomic E-state index is 11.5. The molecule has 1 aromatic heterocycles. The summed E-state index contributed by atoms with van der Waals surface area (Å²) in [5.74, 6) is 0.0769. The fourth-order valence-corrected chi connectivity index (χ4v) is 1.03. The zero-order valence-corrected chi connectivity index (χ0v) is 9.84. The maximum atomic E-state index is 11.5. The maximum Gasteiger partial charge on any atom is 0.241 e. The van der Waals surface area contributed by atoms with Gasteiger partial charge in [-0.25, -0.2) is 9.67 Å². The number of amides is 1. The molecular weight excluding hydrogens is 208 g/mol. The van der Waals surface area contributed by atoms with Crippen molar-refractivity contribution in [2.24, 2.45) is 0 Å². The highest BCUT2D eigenvalue weighted by Gasteiger charge is 2.08. The van der Waals surface area contributed by atoms with E-state index in [9.17, 15) is 4.79 Å². The minimum atomic E-state index is -0.0985. The first kappa shape index (κ1) is 12.4. The van der Waals surface area contributed by atoms with E-state index in [2.05, 4.69) is 15.4 Å². The van der Waals surface area contributed by atoms with Gasteiger partial charge in [0.05, 0.1) is 0 Å². The molecule has 16 heavy (non-hydrogen) atoms. The Labute approximate surface area is 94.6 Å². The summed E-state index contributed by atoms with van der Waals surface area (Å²) in [5.41, 5.74) is 5.33. The molecule has 1 aromatic rings. The zero-order valence-electron chi connectivity index (χ0n) is 9.84. The number of hydrogen-bond donors (Lipinski definition) is 2. The van der Waals surface area contributed by atoms with Crippen molar-refractivity contribution in [1.29, 1.82) is 0 Å². The highest BCUT2D eigenvalue weighted by atomic mass is 16.2. The third-order valence-corrected chi connectivity index (χ3v) is 2.34. The van der Waals surface area contributed by atoms with Gasteiger partial charge in [-0.3, -0.25) is 4.79 Å². The lowest BCUT2D eigenvalue weighted by Crippen LogP contribution is -2.39. The van der Waals surface area contributed by atoms with E-state index in [1.54, 1.807) is 0 Å². The lowest BCUT2D eigenvalue weighted by molar-refractivity contribution is -0.122. The molecule has 0 aliphatic rings. The highest BCUT2D eigenvalue weighted by molar-refractivity contribution is 5.75. The summed E-state index contributed by atoms with van der Waals surface area (Å²) < 4.78 is 1.41. The van der Waals surface area contributed by atoms with Crippen molar-refractivity contribution in [3.05, 3.63) is 6.33 Å². The van der Waals surface area contributed by atoms with Crippen molar-refractivity contribution >= 4 is 11.9 Å². The number of likely N-dealkylation sites (N-methyl/N-ethyl adjacent to an activating group) is 1. The number of nitrogens with one attached hydrogen (secondary N) is 1. The minimum absolute atomic E-state index is 0.0985. The quantitative estimate of drug-likeness (QED) is 0.667. The number of nitrogen functional groups attached to an aromatic ring is 1. The number of nitrogens with zero attached hydrogens (tertiary/aromatic N) is 4. The molecule has 1 amide bonds. The van der Waals surface area contributed by atoms with Crippen LogP contribution in [0.4, 0.5) is 5.95 Å². The Kier molecular flexibility index (Phi) is 4.24. The fraction of sp³-hybridized carbons (Fsp3) is 0.667. The molecule has 1 unspecified atom stereocenters. The van der Waals surface area contributed by atoms with Gasteiger partial charge in [-0.15, -0.1) is 5.10 Å². The lowest BCUT2D eigenvalue weighted by atomic mass is 10.3. The monoisotopic (exact) mass is 226 g/mol. The van der Waals surface area contributed by atoms with E-state index in [-0.39, 0.29) is 18.4 Å². The summed E-state index contributed by atoms with van der Waals surface area (Å²) in [4.78, 5) is 17.3. The summed E-state index contributed by atoms with van der Waals surface area (Å²) in [6.45, 7) is 2.79. The second-order valence-electron chi connectivity index (χ2n) is 3.92. The smallest absolute Gasteiger partial charge is 0.241 e. The molecule has 7 heteroatoms. The van der Waals surface area contributed by atoms with Gasteiger partial charge in [-0.1, -0.05) is 0 Å². The number of anilines is 1. The van der Waals surface area contributed by atoms with Crippen molar-refractivity contribution < 1.29 is 4.79 Å². The molecule has 0 spiro atoms. The van der Waals surface area contributed by atoms with Gasteiger partial charge in [0.25, 0.3) is 0 Å². The number of hydrogen-bond acceptors (Lipinski definition) is 5. The molecule has 0 saturated carbocycles. The Morgan fingerprint density at radius 1 is 1.69 bits per heavy atom. The van der Waals surface area contributed by atoms with Gasteiger partial charge in [0.1, 0.15) is 12.9 Å². The lowest BCUT2D eigenvalue weighted by Gasteiger charge is -2.19. The van der Waals surface area contributed by atoms with Crippen LogP contribution < -0.4 is 11.1 Å². The molecule has 90 valence electrons. The van der Waals surface area contributed by atoms with Crippen LogP contribution in [-0.2, 0) is 11.3 Å². The largest absolute Gasteiger partial charge is 0.367 e. The SMILES string of the molecule is CC(CNC(=O)Cn1cnc(N)n1)N(C)C. The predicted molar refractivity (Wildman–Crippen MR) is 60.6 cm³/mol. The topological polar surface area (TPSA) is 89.1 Å². The average molecular weight is 226 g/mol. The molecule has 1 rings (SSSR count). The molecule has 1 heterocycles. The Balaban J connectivity index is 2.31.